The van der Waals surface area contributed by atoms with Crippen molar-refractivity contribution >= 4 is 50.5 Å². The molecule has 4 rings (SSSR count). The van der Waals surface area contributed by atoms with Crippen LogP contribution in [0.5, 0.6) is 11.5 Å². The van der Waals surface area contributed by atoms with Crippen LogP contribution in [0.1, 0.15) is 11.1 Å². The van der Waals surface area contributed by atoms with Crippen molar-refractivity contribution in [2.45, 2.75) is 18.4 Å². The molecule has 1 amide bonds. The summed E-state index contributed by atoms with van der Waals surface area (Å²) in [4.78, 5) is 12.5. The quantitative estimate of drug-likeness (QED) is 0.223. The van der Waals surface area contributed by atoms with E-state index >= 15 is 0 Å². The van der Waals surface area contributed by atoms with E-state index in [1.807, 2.05) is 6.92 Å². The number of hydrogen-bond donors (Lipinski definition) is 1. The normalized spacial score (nSPS) is 11.1. The van der Waals surface area contributed by atoms with E-state index in [9.17, 15) is 13.2 Å². The first-order valence-electron chi connectivity index (χ1n) is 11.9. The van der Waals surface area contributed by atoms with Gasteiger partial charge in [0.1, 0.15) is 11.5 Å². The highest BCUT2D eigenvalue weighted by molar-refractivity contribution is 7.92. The highest BCUT2D eigenvalue weighted by Gasteiger charge is 2.25. The van der Waals surface area contributed by atoms with Gasteiger partial charge >= 0.3 is 0 Å². The van der Waals surface area contributed by atoms with E-state index in [1.165, 1.54) is 11.4 Å². The highest BCUT2D eigenvalue weighted by atomic mass is 35.5. The van der Waals surface area contributed by atoms with Crippen molar-refractivity contribution < 1.29 is 22.7 Å². The maximum Gasteiger partial charge on any atom is 0.264 e. The van der Waals surface area contributed by atoms with Gasteiger partial charge in [0.15, 0.2) is 6.61 Å². The highest BCUT2D eigenvalue weighted by Crippen LogP contribution is 2.29. The Kier molecular flexibility index (Phi) is 9.01. The van der Waals surface area contributed by atoms with Gasteiger partial charge in [-0.25, -0.2) is 8.42 Å². The standard InChI is InChI=1S/C29H26Cl2N2O5S/c1-20-3-14-26(15-4-20)39(35,36)33(18-21-5-7-22(30)8-6-21)24-10-12-25(13-11-24)38-19-29(34)32-23-9-16-28(37-2)27(31)17-23/h3-17H,18-19H2,1-2H3,(H,32,34). The first-order chi connectivity index (χ1) is 18.7. The molecule has 7 nitrogen and oxygen atoms in total. The summed E-state index contributed by atoms with van der Waals surface area (Å²) in [6, 6.07) is 25.1. The molecule has 4 aromatic rings. The van der Waals surface area contributed by atoms with Crippen LogP contribution in [0.25, 0.3) is 0 Å². The summed E-state index contributed by atoms with van der Waals surface area (Å²) in [6.45, 7) is 1.74. The molecule has 0 bridgehead atoms. The maximum atomic E-state index is 13.7. The van der Waals surface area contributed by atoms with Crippen LogP contribution in [0.3, 0.4) is 0 Å². The molecule has 0 aliphatic heterocycles. The van der Waals surface area contributed by atoms with Crippen LogP contribution >= 0.6 is 23.2 Å². The Morgan fingerprint density at radius 2 is 1.56 bits per heavy atom. The van der Waals surface area contributed by atoms with E-state index < -0.39 is 10.0 Å². The van der Waals surface area contributed by atoms with Crippen molar-refractivity contribution in [1.82, 2.24) is 0 Å². The second-order valence-electron chi connectivity index (χ2n) is 8.63. The number of hydrogen-bond acceptors (Lipinski definition) is 5. The van der Waals surface area contributed by atoms with Crippen molar-refractivity contribution in [3.8, 4) is 11.5 Å². The smallest absolute Gasteiger partial charge is 0.264 e. The predicted octanol–water partition coefficient (Wildman–Crippen LogP) is 6.72. The van der Waals surface area contributed by atoms with Crippen LogP contribution in [-0.4, -0.2) is 28.0 Å². The van der Waals surface area contributed by atoms with Gasteiger partial charge in [-0.15, -0.1) is 0 Å². The molecule has 0 spiro atoms. The number of nitrogens with one attached hydrogen (secondary N) is 1. The zero-order valence-electron chi connectivity index (χ0n) is 21.2. The summed E-state index contributed by atoms with van der Waals surface area (Å²) >= 11 is 12.1. The van der Waals surface area contributed by atoms with Crippen LogP contribution in [0, 0.1) is 6.92 Å². The molecule has 39 heavy (non-hydrogen) atoms. The van der Waals surface area contributed by atoms with Crippen LogP contribution in [0.15, 0.2) is 95.9 Å². The fourth-order valence-corrected chi connectivity index (χ4v) is 5.54. The number of carbonyl (C=O) groups is 1. The van der Waals surface area contributed by atoms with Gasteiger partial charge < -0.3 is 14.8 Å². The van der Waals surface area contributed by atoms with Gasteiger partial charge in [-0.2, -0.15) is 0 Å². The molecule has 0 radical (unpaired) electrons. The summed E-state index contributed by atoms with van der Waals surface area (Å²) in [5.74, 6) is 0.521. The molecule has 202 valence electrons. The monoisotopic (exact) mass is 584 g/mol. The molecule has 0 saturated carbocycles. The Morgan fingerprint density at radius 1 is 0.897 bits per heavy atom. The van der Waals surface area contributed by atoms with E-state index in [0.717, 1.165) is 11.1 Å². The number of halogens is 2. The van der Waals surface area contributed by atoms with Crippen molar-refractivity contribution in [2.24, 2.45) is 0 Å². The Bertz CT molecular complexity index is 1540. The first-order valence-corrected chi connectivity index (χ1v) is 14.1. The number of rotatable bonds is 10. The largest absolute Gasteiger partial charge is 0.495 e. The zero-order valence-corrected chi connectivity index (χ0v) is 23.6. The van der Waals surface area contributed by atoms with Crippen molar-refractivity contribution in [3.63, 3.8) is 0 Å². The van der Waals surface area contributed by atoms with Gasteiger partial charge in [0.25, 0.3) is 15.9 Å². The number of methoxy groups -OCH3 is 1. The predicted molar refractivity (Wildman–Crippen MR) is 155 cm³/mol. The topological polar surface area (TPSA) is 84.9 Å². The van der Waals surface area contributed by atoms with Crippen LogP contribution in [0.2, 0.25) is 10.0 Å². The van der Waals surface area contributed by atoms with E-state index in [0.29, 0.717) is 32.9 Å². The first kappa shape index (κ1) is 28.3. The second-order valence-corrected chi connectivity index (χ2v) is 11.3. The minimum Gasteiger partial charge on any atom is -0.495 e. The fourth-order valence-electron chi connectivity index (χ4n) is 3.71. The molecular weight excluding hydrogens is 559 g/mol. The Labute approximate surface area is 237 Å². The number of carbonyl (C=O) groups excluding carboxylic acids is 1. The number of aryl methyl sites for hydroxylation is 1. The molecule has 0 atom stereocenters. The van der Waals surface area contributed by atoms with Gasteiger partial charge in [0, 0.05) is 10.7 Å². The molecule has 0 aliphatic rings. The third-order valence-electron chi connectivity index (χ3n) is 5.78. The van der Waals surface area contributed by atoms with Crippen LogP contribution in [-0.2, 0) is 21.4 Å². The lowest BCUT2D eigenvalue weighted by molar-refractivity contribution is -0.118. The Balaban J connectivity index is 1.50. The molecule has 0 unspecified atom stereocenters. The molecule has 0 saturated heterocycles. The molecule has 1 N–H and O–H groups in total. The summed E-state index contributed by atoms with van der Waals surface area (Å²) in [5, 5.41) is 3.64. The minimum atomic E-state index is -3.89. The molecule has 4 aromatic carbocycles. The maximum absolute atomic E-state index is 13.7. The van der Waals surface area contributed by atoms with E-state index in [4.69, 9.17) is 32.7 Å². The molecular formula is C29H26Cl2N2O5S. The Morgan fingerprint density at radius 3 is 2.18 bits per heavy atom. The molecule has 10 heteroatoms. The molecule has 0 aliphatic carbocycles. The van der Waals surface area contributed by atoms with Gasteiger partial charge in [-0.3, -0.25) is 9.10 Å². The summed E-state index contributed by atoms with van der Waals surface area (Å²) < 4.78 is 39.3. The Hall–Kier alpha value is -3.72. The summed E-state index contributed by atoms with van der Waals surface area (Å²) in [7, 11) is -2.38. The zero-order chi connectivity index (χ0) is 28.0. The number of ether oxygens (including phenoxy) is 2. The van der Waals surface area contributed by atoms with E-state index in [2.05, 4.69) is 5.32 Å². The number of sulfonamides is 1. The van der Waals surface area contributed by atoms with Gasteiger partial charge in [-0.05, 0) is 79.2 Å². The number of nitrogens with zero attached hydrogens (tertiary/aromatic N) is 1. The number of amides is 1. The van der Waals surface area contributed by atoms with E-state index in [-0.39, 0.29) is 24.0 Å². The molecule has 0 fully saturated rings. The van der Waals surface area contributed by atoms with E-state index in [1.54, 1.807) is 91.0 Å². The lowest BCUT2D eigenvalue weighted by atomic mass is 10.2. The third-order valence-corrected chi connectivity index (χ3v) is 8.11. The van der Waals surface area contributed by atoms with Gasteiger partial charge in [0.2, 0.25) is 0 Å². The van der Waals surface area contributed by atoms with Crippen molar-refractivity contribution in [2.75, 3.05) is 23.3 Å². The molecule has 0 aromatic heterocycles. The average molecular weight is 586 g/mol. The van der Waals surface area contributed by atoms with Crippen molar-refractivity contribution in [1.29, 1.82) is 0 Å². The SMILES string of the molecule is COc1ccc(NC(=O)COc2ccc(N(Cc3ccc(Cl)cc3)S(=O)(=O)c3ccc(C)cc3)cc2)cc1Cl. The summed E-state index contributed by atoms with van der Waals surface area (Å²) in [5.41, 5.74) is 2.67. The second kappa shape index (κ2) is 12.4. The number of anilines is 2. The van der Waals surface area contributed by atoms with Gasteiger partial charge in [0.05, 0.1) is 29.3 Å². The van der Waals surface area contributed by atoms with Gasteiger partial charge in [-0.1, -0.05) is 53.0 Å². The fraction of sp³-hybridized carbons (Fsp3) is 0.138. The van der Waals surface area contributed by atoms with Crippen molar-refractivity contribution in [3.05, 3.63) is 112 Å². The lowest BCUT2D eigenvalue weighted by Crippen LogP contribution is -2.30. The molecule has 0 heterocycles. The average Bonchev–Trinajstić information content (AvgIpc) is 2.92. The number of benzene rings is 4. The lowest BCUT2D eigenvalue weighted by Gasteiger charge is -2.25. The van der Waals surface area contributed by atoms with Crippen LogP contribution in [0.4, 0.5) is 11.4 Å². The van der Waals surface area contributed by atoms with Crippen LogP contribution < -0.4 is 19.1 Å². The minimum absolute atomic E-state index is 0.0976. The third kappa shape index (κ3) is 7.23. The summed E-state index contributed by atoms with van der Waals surface area (Å²) in [6.07, 6.45) is 0.